The van der Waals surface area contributed by atoms with Gasteiger partial charge in [-0.2, -0.15) is 0 Å². The summed E-state index contributed by atoms with van der Waals surface area (Å²) in [6, 6.07) is 15.1. The van der Waals surface area contributed by atoms with Gasteiger partial charge in [0.15, 0.2) is 0 Å². The molecule has 26 heavy (non-hydrogen) atoms. The Kier molecular flexibility index (Phi) is 7.37. The van der Waals surface area contributed by atoms with E-state index in [-0.39, 0.29) is 0 Å². The number of aliphatic carboxylic acids is 2. The molecule has 0 spiro atoms. The highest BCUT2D eigenvalue weighted by Crippen LogP contribution is 2.11. The van der Waals surface area contributed by atoms with Crippen LogP contribution in [0.3, 0.4) is 0 Å². The number of hydrogen-bond acceptors (Lipinski definition) is 4. The van der Waals surface area contributed by atoms with E-state index in [4.69, 9.17) is 19.8 Å². The number of nitrogens with zero attached hydrogens (tertiary/aromatic N) is 3. The van der Waals surface area contributed by atoms with E-state index in [0.29, 0.717) is 0 Å². The van der Waals surface area contributed by atoms with E-state index in [9.17, 15) is 0 Å². The Labute approximate surface area is 153 Å². The Bertz CT molecular complexity index is 695. The maximum Gasteiger partial charge on any atom is 0.414 e. The average molecular weight is 359 g/mol. The fourth-order valence-electron chi connectivity index (χ4n) is 2.84. The van der Waals surface area contributed by atoms with Gasteiger partial charge < -0.3 is 14.8 Å². The zero-order valence-electron chi connectivity index (χ0n) is 14.9. The van der Waals surface area contributed by atoms with Gasteiger partial charge in [-0.25, -0.2) is 9.59 Å². The first kappa shape index (κ1) is 19.7. The van der Waals surface area contributed by atoms with Crippen LogP contribution >= 0.6 is 0 Å². The molecule has 0 amide bonds. The van der Waals surface area contributed by atoms with E-state index in [2.05, 4.69) is 70.1 Å². The van der Waals surface area contributed by atoms with Crippen LogP contribution in [0.5, 0.6) is 0 Å². The summed E-state index contributed by atoms with van der Waals surface area (Å²) in [6.07, 6.45) is 2.13. The van der Waals surface area contributed by atoms with Gasteiger partial charge in [0.1, 0.15) is 0 Å². The quantitative estimate of drug-likeness (QED) is 0.805. The van der Waals surface area contributed by atoms with Crippen molar-refractivity contribution in [1.82, 2.24) is 14.4 Å². The monoisotopic (exact) mass is 359 g/mol. The molecule has 2 aromatic rings. The van der Waals surface area contributed by atoms with Crippen molar-refractivity contribution in [3.05, 3.63) is 59.9 Å². The van der Waals surface area contributed by atoms with Gasteiger partial charge in [0.05, 0.1) is 0 Å². The number of carbonyl (C=O) groups is 2. The molecule has 0 radical (unpaired) electrons. The molecule has 1 saturated heterocycles. The molecule has 1 aliphatic rings. The van der Waals surface area contributed by atoms with Crippen molar-refractivity contribution >= 4 is 11.9 Å². The summed E-state index contributed by atoms with van der Waals surface area (Å²) in [5.74, 6) is -3.65. The Balaban J connectivity index is 0.000000352. The second kappa shape index (κ2) is 9.74. The van der Waals surface area contributed by atoms with Crippen LogP contribution in [0.1, 0.15) is 11.3 Å². The van der Waals surface area contributed by atoms with Crippen LogP contribution < -0.4 is 0 Å². The number of aromatic nitrogens is 1. The molecule has 2 N–H and O–H groups in total. The van der Waals surface area contributed by atoms with Gasteiger partial charge in [-0.1, -0.05) is 30.3 Å². The second-order valence-corrected chi connectivity index (χ2v) is 6.26. The number of aryl methyl sites for hydroxylation is 1. The molecule has 0 unspecified atom stereocenters. The second-order valence-electron chi connectivity index (χ2n) is 6.26. The van der Waals surface area contributed by atoms with Gasteiger partial charge in [0.2, 0.25) is 0 Å². The van der Waals surface area contributed by atoms with Crippen molar-refractivity contribution in [3.8, 4) is 0 Å². The standard InChI is InChI=1S/C17H23N3.C2H2O4/c1-18-9-5-8-17(18)15-20-12-10-19(11-13-20)14-16-6-3-2-4-7-16;3-1(4)2(5)6/h2-9H,10-15H2,1H3;(H,3,4)(H,5,6). The molecule has 7 nitrogen and oxygen atoms in total. The zero-order valence-corrected chi connectivity index (χ0v) is 14.9. The van der Waals surface area contributed by atoms with Crippen LogP contribution in [0.4, 0.5) is 0 Å². The van der Waals surface area contributed by atoms with Gasteiger partial charge in [-0.3, -0.25) is 9.80 Å². The van der Waals surface area contributed by atoms with Crippen molar-refractivity contribution in [2.75, 3.05) is 26.2 Å². The lowest BCUT2D eigenvalue weighted by Crippen LogP contribution is -2.45. The van der Waals surface area contributed by atoms with Crippen LogP contribution in [-0.2, 0) is 29.7 Å². The van der Waals surface area contributed by atoms with E-state index < -0.39 is 11.9 Å². The molecule has 3 rings (SSSR count). The number of carboxylic acid groups (broad SMARTS) is 2. The van der Waals surface area contributed by atoms with Gasteiger partial charge >= 0.3 is 11.9 Å². The van der Waals surface area contributed by atoms with Crippen LogP contribution in [0.15, 0.2) is 48.7 Å². The molecule has 1 aliphatic heterocycles. The van der Waals surface area contributed by atoms with Gasteiger partial charge in [0, 0.05) is 58.2 Å². The third-order valence-corrected chi connectivity index (χ3v) is 4.33. The van der Waals surface area contributed by atoms with Gasteiger partial charge in [-0.15, -0.1) is 0 Å². The van der Waals surface area contributed by atoms with Gasteiger partial charge in [-0.05, 0) is 17.7 Å². The Morgan fingerprint density at radius 1 is 0.846 bits per heavy atom. The molecule has 140 valence electrons. The predicted molar refractivity (Wildman–Crippen MR) is 97.7 cm³/mol. The van der Waals surface area contributed by atoms with E-state index in [1.54, 1.807) is 0 Å². The molecule has 1 aromatic heterocycles. The van der Waals surface area contributed by atoms with Crippen molar-refractivity contribution in [2.24, 2.45) is 7.05 Å². The molecule has 0 atom stereocenters. The molecule has 1 aromatic carbocycles. The number of hydrogen-bond donors (Lipinski definition) is 2. The first-order valence-corrected chi connectivity index (χ1v) is 8.50. The molecule has 0 saturated carbocycles. The molecule has 7 heteroatoms. The zero-order chi connectivity index (χ0) is 18.9. The van der Waals surface area contributed by atoms with Crippen molar-refractivity contribution in [1.29, 1.82) is 0 Å². The summed E-state index contributed by atoms with van der Waals surface area (Å²) in [5, 5.41) is 14.8. The fourth-order valence-corrected chi connectivity index (χ4v) is 2.84. The SMILES string of the molecule is Cn1cccc1CN1CCN(Cc2ccccc2)CC1.O=C(O)C(=O)O. The van der Waals surface area contributed by atoms with Crippen molar-refractivity contribution in [2.45, 2.75) is 13.1 Å². The normalized spacial score (nSPS) is 15.1. The highest BCUT2D eigenvalue weighted by atomic mass is 16.4. The van der Waals surface area contributed by atoms with E-state index >= 15 is 0 Å². The van der Waals surface area contributed by atoms with E-state index in [1.165, 1.54) is 24.3 Å². The topological polar surface area (TPSA) is 86.0 Å². The van der Waals surface area contributed by atoms with Crippen molar-refractivity contribution in [3.63, 3.8) is 0 Å². The average Bonchev–Trinajstić information content (AvgIpc) is 3.03. The molecular formula is C19H25N3O4. The molecule has 0 bridgehead atoms. The highest BCUT2D eigenvalue weighted by Gasteiger charge is 2.17. The predicted octanol–water partition coefficient (Wildman–Crippen LogP) is 1.50. The minimum absolute atomic E-state index is 1.07. The number of benzene rings is 1. The fraction of sp³-hybridized carbons (Fsp3) is 0.368. The van der Waals surface area contributed by atoms with Crippen LogP contribution in [0, 0.1) is 0 Å². The lowest BCUT2D eigenvalue weighted by Gasteiger charge is -2.34. The summed E-state index contributed by atoms with van der Waals surface area (Å²) >= 11 is 0. The Morgan fingerprint density at radius 2 is 1.38 bits per heavy atom. The largest absolute Gasteiger partial charge is 0.473 e. The van der Waals surface area contributed by atoms with Crippen molar-refractivity contribution < 1.29 is 19.8 Å². The molecule has 2 heterocycles. The van der Waals surface area contributed by atoms with Crippen LogP contribution in [0.2, 0.25) is 0 Å². The highest BCUT2D eigenvalue weighted by molar-refractivity contribution is 6.27. The summed E-state index contributed by atoms with van der Waals surface area (Å²) in [6.45, 7) is 6.82. The van der Waals surface area contributed by atoms with Crippen LogP contribution in [0.25, 0.3) is 0 Å². The van der Waals surface area contributed by atoms with Crippen LogP contribution in [-0.4, -0.2) is 62.7 Å². The first-order chi connectivity index (χ1) is 12.5. The Hall–Kier alpha value is -2.64. The lowest BCUT2D eigenvalue weighted by atomic mass is 10.2. The summed E-state index contributed by atoms with van der Waals surface area (Å²) in [5.41, 5.74) is 2.82. The summed E-state index contributed by atoms with van der Waals surface area (Å²) in [7, 11) is 2.13. The Morgan fingerprint density at radius 3 is 1.85 bits per heavy atom. The van der Waals surface area contributed by atoms with E-state index in [1.807, 2.05) is 0 Å². The van der Waals surface area contributed by atoms with Gasteiger partial charge in [0.25, 0.3) is 0 Å². The summed E-state index contributed by atoms with van der Waals surface area (Å²) < 4.78 is 2.22. The molecular weight excluding hydrogens is 334 g/mol. The summed E-state index contributed by atoms with van der Waals surface area (Å²) in [4.78, 5) is 23.3. The first-order valence-electron chi connectivity index (χ1n) is 8.50. The number of rotatable bonds is 4. The number of piperazine rings is 1. The molecule has 1 fully saturated rings. The minimum atomic E-state index is -1.82. The third kappa shape index (κ3) is 6.34. The lowest BCUT2D eigenvalue weighted by molar-refractivity contribution is -0.159. The minimum Gasteiger partial charge on any atom is -0.473 e. The molecule has 0 aliphatic carbocycles. The third-order valence-electron chi connectivity index (χ3n) is 4.33. The maximum absolute atomic E-state index is 9.10. The van der Waals surface area contributed by atoms with E-state index in [0.717, 1.165) is 26.2 Å². The number of carboxylic acids is 2. The smallest absolute Gasteiger partial charge is 0.414 e. The maximum atomic E-state index is 9.10.